The molecule has 2 heterocycles. The molecule has 2 aromatic carbocycles. The van der Waals surface area contributed by atoms with E-state index in [-0.39, 0.29) is 46.4 Å². The van der Waals surface area contributed by atoms with Crippen LogP contribution < -0.4 is 19.7 Å². The fraction of sp³-hybridized carbons (Fsp3) is 0.346. The molecule has 0 spiro atoms. The number of alkyl halides is 3. The molecule has 11 nitrogen and oxygen atoms in total. The summed E-state index contributed by atoms with van der Waals surface area (Å²) in [6.07, 6.45) is -7.18. The zero-order valence-electron chi connectivity index (χ0n) is 22.7. The van der Waals surface area contributed by atoms with Gasteiger partial charge in [0.1, 0.15) is 29.0 Å². The number of aromatic nitrogens is 1. The highest BCUT2D eigenvalue weighted by atomic mass is 32.2. The summed E-state index contributed by atoms with van der Waals surface area (Å²) in [5, 5.41) is 8.54. The number of amides is 2. The first-order valence-corrected chi connectivity index (χ1v) is 13.8. The quantitative estimate of drug-likeness (QED) is 0.365. The van der Waals surface area contributed by atoms with E-state index in [1.807, 2.05) is 0 Å². The van der Waals surface area contributed by atoms with E-state index in [2.05, 4.69) is 20.5 Å². The Kier molecular flexibility index (Phi) is 8.13. The number of nitrogens with one attached hydrogen (secondary N) is 2. The highest BCUT2D eigenvalue weighted by Crippen LogP contribution is 2.39. The first-order chi connectivity index (χ1) is 19.5. The number of hydrogen-bond donors (Lipinski definition) is 2. The Hall–Kier alpha value is -4.34. The van der Waals surface area contributed by atoms with Crippen molar-refractivity contribution in [3.05, 3.63) is 65.3 Å². The Balaban J connectivity index is 1.62. The molecule has 1 atom stereocenters. The van der Waals surface area contributed by atoms with Gasteiger partial charge in [-0.2, -0.15) is 13.2 Å². The van der Waals surface area contributed by atoms with Crippen molar-refractivity contribution in [1.82, 2.24) is 10.5 Å². The second kappa shape index (κ2) is 11.2. The van der Waals surface area contributed by atoms with E-state index in [1.54, 1.807) is 13.8 Å². The molecule has 0 saturated heterocycles. The number of benzene rings is 2. The summed E-state index contributed by atoms with van der Waals surface area (Å²) in [5.74, 6) is -0.868. The number of sulfonamides is 1. The van der Waals surface area contributed by atoms with Gasteiger partial charge in [0.15, 0.2) is 0 Å². The number of aryl methyl sites for hydroxylation is 2. The molecule has 1 aromatic heterocycles. The third-order valence-electron chi connectivity index (χ3n) is 6.32. The van der Waals surface area contributed by atoms with E-state index in [0.717, 1.165) is 28.6 Å². The molecule has 0 saturated carbocycles. The van der Waals surface area contributed by atoms with E-state index in [1.165, 1.54) is 18.2 Å². The molecular weight excluding hydrogens is 588 g/mol. The largest absolute Gasteiger partial charge is 0.484 e. The highest BCUT2D eigenvalue weighted by Gasteiger charge is 2.51. The third-order valence-corrected chi connectivity index (χ3v) is 8.11. The monoisotopic (exact) mass is 614 g/mol. The van der Waals surface area contributed by atoms with Crippen LogP contribution in [0.5, 0.6) is 5.75 Å². The molecule has 0 radical (unpaired) electrons. The summed E-state index contributed by atoms with van der Waals surface area (Å²) < 4.78 is 96.6. The van der Waals surface area contributed by atoms with Gasteiger partial charge in [0.2, 0.25) is 5.60 Å². The number of fused-ring (bicyclic) bond motifs is 1. The van der Waals surface area contributed by atoms with Gasteiger partial charge in [-0.15, -0.1) is 0 Å². The van der Waals surface area contributed by atoms with Gasteiger partial charge < -0.3 is 19.3 Å². The number of nitrogens with zero attached hydrogens (tertiary/aromatic N) is 2. The lowest BCUT2D eigenvalue weighted by Crippen LogP contribution is -2.48. The van der Waals surface area contributed by atoms with Crippen LogP contribution in [0.15, 0.2) is 51.9 Å². The Morgan fingerprint density at radius 2 is 1.79 bits per heavy atom. The Morgan fingerprint density at radius 1 is 1.12 bits per heavy atom. The van der Waals surface area contributed by atoms with Crippen LogP contribution in [-0.4, -0.2) is 56.5 Å². The van der Waals surface area contributed by atoms with Crippen molar-refractivity contribution < 1.29 is 49.6 Å². The smallest absolute Gasteiger partial charge is 0.427 e. The van der Waals surface area contributed by atoms with Crippen molar-refractivity contribution >= 4 is 33.4 Å². The molecule has 0 fully saturated rings. The number of anilines is 2. The number of hydrogen-bond acceptors (Lipinski definition) is 8. The van der Waals surface area contributed by atoms with Crippen molar-refractivity contribution in [1.29, 1.82) is 0 Å². The molecular formula is C26H26F4N4O7S. The normalized spacial score (nSPS) is 15.4. The number of carbonyl (C=O) groups is 2. The second-order valence-electron chi connectivity index (χ2n) is 9.84. The van der Waals surface area contributed by atoms with Crippen molar-refractivity contribution in [3.8, 4) is 5.75 Å². The number of halogens is 4. The van der Waals surface area contributed by atoms with Crippen LogP contribution in [0.2, 0.25) is 0 Å². The SMILES string of the molecule is Cc1noc(C)c1C(=O)NCC1CN(S(=O)(=O)c2ccc(F)cc2)c2cc(NC(=O)OC(C)(C)C(F)(F)F)ccc2O1. The van der Waals surface area contributed by atoms with Crippen molar-refractivity contribution in [3.63, 3.8) is 0 Å². The van der Waals surface area contributed by atoms with E-state index >= 15 is 0 Å². The van der Waals surface area contributed by atoms with E-state index in [9.17, 15) is 35.6 Å². The highest BCUT2D eigenvalue weighted by molar-refractivity contribution is 7.92. The minimum Gasteiger partial charge on any atom is -0.484 e. The molecule has 1 aliphatic rings. The molecule has 1 unspecified atom stereocenters. The van der Waals surface area contributed by atoms with Gasteiger partial charge in [-0.1, -0.05) is 5.16 Å². The molecule has 0 bridgehead atoms. The van der Waals surface area contributed by atoms with Crippen molar-refractivity contribution in [2.75, 3.05) is 22.7 Å². The fourth-order valence-corrected chi connectivity index (χ4v) is 5.49. The van der Waals surface area contributed by atoms with E-state index in [4.69, 9.17) is 9.26 Å². The van der Waals surface area contributed by atoms with Crippen LogP contribution in [-0.2, 0) is 14.8 Å². The lowest BCUT2D eigenvalue weighted by atomic mass is 10.1. The maximum Gasteiger partial charge on any atom is 0.427 e. The van der Waals surface area contributed by atoms with Gasteiger partial charge in [-0.25, -0.2) is 17.6 Å². The summed E-state index contributed by atoms with van der Waals surface area (Å²) in [6.45, 7) is 4.02. The molecule has 2 N–H and O–H groups in total. The number of rotatable bonds is 7. The molecule has 226 valence electrons. The average Bonchev–Trinajstić information content (AvgIpc) is 3.23. The van der Waals surface area contributed by atoms with Crippen molar-refractivity contribution in [2.24, 2.45) is 0 Å². The number of ether oxygens (including phenoxy) is 2. The number of carbonyl (C=O) groups excluding carboxylic acids is 2. The minimum absolute atomic E-state index is 0.0260. The first-order valence-electron chi connectivity index (χ1n) is 12.4. The molecule has 42 heavy (non-hydrogen) atoms. The predicted octanol–water partition coefficient (Wildman–Crippen LogP) is 4.71. The molecule has 3 aromatic rings. The van der Waals surface area contributed by atoms with Crippen LogP contribution in [0, 0.1) is 19.7 Å². The lowest BCUT2D eigenvalue weighted by Gasteiger charge is -2.36. The van der Waals surface area contributed by atoms with Crippen LogP contribution >= 0.6 is 0 Å². The molecule has 0 aliphatic carbocycles. The Bertz CT molecular complexity index is 1590. The summed E-state index contributed by atoms with van der Waals surface area (Å²) in [7, 11) is -4.36. The molecule has 2 amide bonds. The van der Waals surface area contributed by atoms with Gasteiger partial charge in [-0.05, 0) is 70.2 Å². The van der Waals surface area contributed by atoms with E-state index < -0.39 is 45.7 Å². The van der Waals surface area contributed by atoms with Crippen LogP contribution in [0.1, 0.15) is 35.7 Å². The first kappa shape index (κ1) is 30.6. The van der Waals surface area contributed by atoms with Gasteiger partial charge in [-0.3, -0.25) is 14.4 Å². The zero-order valence-corrected chi connectivity index (χ0v) is 23.5. The molecule has 4 rings (SSSR count). The summed E-state index contributed by atoms with van der Waals surface area (Å²) in [5.41, 5.74) is -2.38. The van der Waals surface area contributed by atoms with Crippen LogP contribution in [0.4, 0.5) is 33.7 Å². The summed E-state index contributed by atoms with van der Waals surface area (Å²) in [6, 6.07) is 7.80. The van der Waals surface area contributed by atoms with Gasteiger partial charge in [0.05, 0.1) is 29.4 Å². The van der Waals surface area contributed by atoms with E-state index in [0.29, 0.717) is 19.5 Å². The van der Waals surface area contributed by atoms with Gasteiger partial charge in [0, 0.05) is 5.69 Å². The zero-order chi connectivity index (χ0) is 31.0. The predicted molar refractivity (Wildman–Crippen MR) is 140 cm³/mol. The Morgan fingerprint density at radius 3 is 2.38 bits per heavy atom. The third kappa shape index (κ3) is 6.27. The Labute approximate surface area is 237 Å². The summed E-state index contributed by atoms with van der Waals surface area (Å²) in [4.78, 5) is 24.7. The standard InChI is InChI=1S/C26H26F4N4O7S/c1-14-22(15(2)41-33-14)23(35)31-12-18-13-34(42(37,38)19-8-5-16(27)6-9-19)20-11-17(7-10-21(20)39-18)32-24(36)40-25(3,4)26(28,29)30/h5-11,18H,12-13H2,1-4H3,(H,31,35)(H,32,36). The fourth-order valence-electron chi connectivity index (χ4n) is 3.99. The average molecular weight is 615 g/mol. The minimum atomic E-state index is -4.84. The van der Waals surface area contributed by atoms with Crippen LogP contribution in [0.25, 0.3) is 0 Å². The maximum absolute atomic E-state index is 13.7. The second-order valence-corrected chi connectivity index (χ2v) is 11.7. The van der Waals surface area contributed by atoms with Crippen molar-refractivity contribution in [2.45, 2.75) is 50.5 Å². The molecule has 16 heteroatoms. The van der Waals surface area contributed by atoms with Crippen LogP contribution in [0.3, 0.4) is 0 Å². The van der Waals surface area contributed by atoms with Gasteiger partial charge >= 0.3 is 12.3 Å². The van der Waals surface area contributed by atoms with Gasteiger partial charge in [0.25, 0.3) is 15.9 Å². The molecule has 1 aliphatic heterocycles. The maximum atomic E-state index is 13.7. The summed E-state index contributed by atoms with van der Waals surface area (Å²) >= 11 is 0. The topological polar surface area (TPSA) is 140 Å². The lowest BCUT2D eigenvalue weighted by molar-refractivity contribution is -0.242.